The van der Waals surface area contributed by atoms with Gasteiger partial charge in [-0.15, -0.1) is 0 Å². The predicted molar refractivity (Wildman–Crippen MR) is 121 cm³/mol. The molecule has 0 bridgehead atoms. The second kappa shape index (κ2) is 10.8. The summed E-state index contributed by atoms with van der Waals surface area (Å²) in [4.78, 5) is 20.0. The van der Waals surface area contributed by atoms with Crippen molar-refractivity contribution in [3.8, 4) is 5.75 Å². The van der Waals surface area contributed by atoms with E-state index in [-0.39, 0.29) is 23.0 Å². The molecule has 2 aliphatic rings. The molecule has 3 heterocycles. The first kappa shape index (κ1) is 26.7. The van der Waals surface area contributed by atoms with Gasteiger partial charge in [0.2, 0.25) is 16.0 Å². The molecule has 0 spiro atoms. The Kier molecular flexibility index (Phi) is 8.21. The van der Waals surface area contributed by atoms with E-state index in [2.05, 4.69) is 14.9 Å². The lowest BCUT2D eigenvalue weighted by Crippen LogP contribution is -2.48. The Morgan fingerprint density at radius 2 is 1.74 bits per heavy atom. The van der Waals surface area contributed by atoms with Crippen LogP contribution in [0.1, 0.15) is 26.7 Å². The minimum atomic E-state index is -5.08. The van der Waals surface area contributed by atoms with E-state index in [1.54, 1.807) is 41.0 Å². The molecule has 2 atom stereocenters. The van der Waals surface area contributed by atoms with Gasteiger partial charge in [-0.1, -0.05) is 26.0 Å². The van der Waals surface area contributed by atoms with Crippen molar-refractivity contribution in [2.45, 2.75) is 49.9 Å². The number of aromatic nitrogens is 2. The number of nitrogens with zero attached hydrogens (tertiary/aromatic N) is 4. The smallest absolute Gasteiger partial charge is 0.487 e. The van der Waals surface area contributed by atoms with Crippen molar-refractivity contribution in [1.82, 2.24) is 14.3 Å². The van der Waals surface area contributed by atoms with Crippen molar-refractivity contribution < 1.29 is 36.2 Å². The van der Waals surface area contributed by atoms with E-state index < -0.39 is 22.2 Å². The third-order valence-corrected chi connectivity index (χ3v) is 7.44. The third-order valence-electron chi connectivity index (χ3n) is 5.51. The number of anilines is 1. The fraction of sp³-hybridized carbons (Fsp3) is 0.500. The number of halogens is 3. The van der Waals surface area contributed by atoms with Gasteiger partial charge in [0.05, 0.1) is 6.04 Å². The maximum Gasteiger partial charge on any atom is 0.490 e. The van der Waals surface area contributed by atoms with Gasteiger partial charge in [0.25, 0.3) is 0 Å². The highest BCUT2D eigenvalue weighted by Crippen LogP contribution is 2.37. The van der Waals surface area contributed by atoms with Crippen molar-refractivity contribution in [3.63, 3.8) is 0 Å². The van der Waals surface area contributed by atoms with Crippen molar-refractivity contribution in [1.29, 1.82) is 0 Å². The van der Waals surface area contributed by atoms with Crippen LogP contribution in [0, 0.1) is 5.92 Å². The van der Waals surface area contributed by atoms with Crippen molar-refractivity contribution in [2.75, 3.05) is 24.5 Å². The lowest BCUT2D eigenvalue weighted by Gasteiger charge is -2.32. The first-order valence-electron chi connectivity index (χ1n) is 11.0. The summed E-state index contributed by atoms with van der Waals surface area (Å²) in [5, 5.41) is 7.12. The molecule has 0 amide bonds. The van der Waals surface area contributed by atoms with Gasteiger partial charge in [-0.3, -0.25) is 0 Å². The molecule has 1 fully saturated rings. The molecule has 1 aromatic heterocycles. The molecule has 0 aliphatic carbocycles. The number of rotatable bonds is 3. The van der Waals surface area contributed by atoms with Gasteiger partial charge in [0.1, 0.15) is 16.7 Å². The third kappa shape index (κ3) is 6.40. The van der Waals surface area contributed by atoms with E-state index in [1.165, 1.54) is 0 Å². The minimum absolute atomic E-state index is 0.203. The molecule has 2 aliphatic heterocycles. The Hall–Kier alpha value is -2.93. The number of para-hydroxylation sites is 1. The van der Waals surface area contributed by atoms with E-state index in [1.807, 2.05) is 19.9 Å². The number of ether oxygens (including phenoxy) is 1. The Bertz CT molecular complexity index is 1120. The Balaban J connectivity index is 0.000000429. The second-order valence-electron chi connectivity index (χ2n) is 8.56. The van der Waals surface area contributed by atoms with Crippen molar-refractivity contribution >= 4 is 21.9 Å². The Morgan fingerprint density at radius 3 is 2.34 bits per heavy atom. The first-order chi connectivity index (χ1) is 16.4. The van der Waals surface area contributed by atoms with E-state index in [9.17, 15) is 21.6 Å². The average Bonchev–Trinajstić information content (AvgIpc) is 3.04. The SMILES string of the molecule is CC(C)CN1[C@H]2CCN(c3ncccn3)CC[C@@H]2Oc2ccccc2S1(=O)=O.O=C(O)C(F)(F)F. The lowest BCUT2D eigenvalue weighted by atomic mass is 10.0. The van der Waals surface area contributed by atoms with Gasteiger partial charge in [-0.25, -0.2) is 23.2 Å². The largest absolute Gasteiger partial charge is 0.490 e. The van der Waals surface area contributed by atoms with Crippen LogP contribution >= 0.6 is 0 Å². The number of fused-ring (bicyclic) bond motifs is 2. The zero-order valence-corrected chi connectivity index (χ0v) is 20.0. The summed E-state index contributed by atoms with van der Waals surface area (Å²) < 4.78 is 66.7. The highest BCUT2D eigenvalue weighted by Gasteiger charge is 2.43. The maximum absolute atomic E-state index is 13.5. The van der Waals surface area contributed by atoms with E-state index in [4.69, 9.17) is 14.6 Å². The number of aliphatic carboxylic acids is 1. The van der Waals surface area contributed by atoms with Crippen molar-refractivity contribution in [2.24, 2.45) is 5.92 Å². The number of sulfonamides is 1. The molecule has 1 N–H and O–H groups in total. The molecule has 192 valence electrons. The van der Waals surface area contributed by atoms with Crippen LogP contribution in [0.3, 0.4) is 0 Å². The van der Waals surface area contributed by atoms with Crippen LogP contribution in [-0.2, 0) is 14.8 Å². The summed E-state index contributed by atoms with van der Waals surface area (Å²) in [7, 11) is -3.62. The first-order valence-corrected chi connectivity index (χ1v) is 12.4. The van der Waals surface area contributed by atoms with E-state index in [0.29, 0.717) is 37.6 Å². The maximum atomic E-state index is 13.5. The normalized spacial score (nSPS) is 21.9. The summed E-state index contributed by atoms with van der Waals surface area (Å²) in [6.45, 7) is 5.98. The van der Waals surface area contributed by atoms with Crippen LogP contribution in [0.25, 0.3) is 0 Å². The number of benzene rings is 1. The van der Waals surface area contributed by atoms with Crippen LogP contribution in [-0.4, -0.2) is 71.7 Å². The molecule has 13 heteroatoms. The van der Waals surface area contributed by atoms with Gasteiger partial charge < -0.3 is 14.7 Å². The number of carboxylic acid groups (broad SMARTS) is 1. The van der Waals surface area contributed by atoms with Crippen LogP contribution in [0.4, 0.5) is 19.1 Å². The van der Waals surface area contributed by atoms with E-state index >= 15 is 0 Å². The molecule has 2 aromatic rings. The minimum Gasteiger partial charge on any atom is -0.487 e. The van der Waals surface area contributed by atoms with Gasteiger partial charge in [-0.05, 0) is 30.5 Å². The fourth-order valence-electron chi connectivity index (χ4n) is 4.00. The summed E-state index contributed by atoms with van der Waals surface area (Å²) in [6, 6.07) is 8.56. The highest BCUT2D eigenvalue weighted by atomic mass is 32.2. The number of hydrogen-bond acceptors (Lipinski definition) is 7. The van der Waals surface area contributed by atoms with Crippen LogP contribution in [0.5, 0.6) is 5.75 Å². The standard InChI is InChI=1S/C20H26N4O3S.C2HF3O2/c1-15(2)14-24-16-8-12-23(20-21-10-5-11-22-20)13-9-17(16)27-18-6-3-4-7-19(18)28(24,25)26;3-2(4,5)1(6)7/h3-7,10-11,15-17H,8-9,12-14H2,1-2H3;(H,6,7)/t16-,17-;/m0./s1. The lowest BCUT2D eigenvalue weighted by molar-refractivity contribution is -0.192. The number of carboxylic acids is 1. The molecule has 1 saturated heterocycles. The summed E-state index contributed by atoms with van der Waals surface area (Å²) >= 11 is 0. The Morgan fingerprint density at radius 1 is 1.14 bits per heavy atom. The fourth-order valence-corrected chi connectivity index (χ4v) is 5.97. The molecule has 9 nitrogen and oxygen atoms in total. The number of alkyl halides is 3. The highest BCUT2D eigenvalue weighted by molar-refractivity contribution is 7.89. The summed E-state index contributed by atoms with van der Waals surface area (Å²) in [5.74, 6) is -1.41. The van der Waals surface area contributed by atoms with Gasteiger partial charge in [-0.2, -0.15) is 17.5 Å². The van der Waals surface area contributed by atoms with E-state index in [0.717, 1.165) is 6.54 Å². The predicted octanol–water partition coefficient (Wildman–Crippen LogP) is 3.19. The quantitative estimate of drug-likeness (QED) is 0.662. The van der Waals surface area contributed by atoms with Gasteiger partial charge in [0, 0.05) is 38.4 Å². The zero-order valence-electron chi connectivity index (χ0n) is 19.2. The second-order valence-corrected chi connectivity index (χ2v) is 10.4. The summed E-state index contributed by atoms with van der Waals surface area (Å²) in [6.07, 6.45) is -0.448. The van der Waals surface area contributed by atoms with Crippen LogP contribution in [0.15, 0.2) is 47.6 Å². The summed E-state index contributed by atoms with van der Waals surface area (Å²) in [5.41, 5.74) is 0. The topological polar surface area (TPSA) is 113 Å². The molecule has 0 unspecified atom stereocenters. The van der Waals surface area contributed by atoms with Crippen molar-refractivity contribution in [3.05, 3.63) is 42.7 Å². The zero-order chi connectivity index (χ0) is 25.8. The molecule has 0 radical (unpaired) electrons. The van der Waals surface area contributed by atoms with Crippen LogP contribution < -0.4 is 9.64 Å². The molecule has 1 aromatic carbocycles. The molecular weight excluding hydrogens is 489 g/mol. The van der Waals surface area contributed by atoms with Crippen LogP contribution in [0.2, 0.25) is 0 Å². The molecular formula is C22H27F3N4O5S. The molecule has 0 saturated carbocycles. The van der Waals surface area contributed by atoms with Gasteiger partial charge >= 0.3 is 12.1 Å². The van der Waals surface area contributed by atoms with Gasteiger partial charge in [0.15, 0.2) is 0 Å². The average molecular weight is 517 g/mol. The monoisotopic (exact) mass is 516 g/mol. The molecule has 35 heavy (non-hydrogen) atoms. The Labute approximate surface area is 201 Å². The number of carbonyl (C=O) groups is 1. The number of hydrogen-bond donors (Lipinski definition) is 1. The molecule has 4 rings (SSSR count).